The molecule has 0 heterocycles. The van der Waals surface area contributed by atoms with Gasteiger partial charge in [-0.1, -0.05) is 48.5 Å². The third kappa shape index (κ3) is 4.49. The highest BCUT2D eigenvalue weighted by molar-refractivity contribution is 9.10. The van der Waals surface area contributed by atoms with E-state index in [0.29, 0.717) is 39.5 Å². The monoisotopic (exact) mass is 426 g/mol. The molecule has 0 unspecified atom stereocenters. The van der Waals surface area contributed by atoms with Gasteiger partial charge in [-0.05, 0) is 46.6 Å². The van der Waals surface area contributed by atoms with Crippen molar-refractivity contribution in [2.24, 2.45) is 0 Å². The van der Waals surface area contributed by atoms with E-state index in [1.165, 1.54) is 0 Å². The lowest BCUT2D eigenvalue weighted by atomic mass is 10.1. The lowest BCUT2D eigenvalue weighted by Crippen LogP contribution is -2.14. The van der Waals surface area contributed by atoms with E-state index in [0.717, 1.165) is 5.56 Å². The zero-order valence-electron chi connectivity index (χ0n) is 15.1. The fourth-order valence-electron chi connectivity index (χ4n) is 2.68. The van der Waals surface area contributed by atoms with Crippen LogP contribution in [0.1, 0.15) is 21.5 Å². The van der Waals surface area contributed by atoms with E-state index in [-0.39, 0.29) is 0 Å². The molecule has 0 aliphatic rings. The third-order valence-corrected chi connectivity index (χ3v) is 4.64. The van der Waals surface area contributed by atoms with Crippen LogP contribution in [-0.2, 0) is 6.61 Å². The summed E-state index contributed by atoms with van der Waals surface area (Å²) < 4.78 is 17.5. The van der Waals surface area contributed by atoms with Crippen molar-refractivity contribution in [1.82, 2.24) is 0 Å². The maximum absolute atomic E-state index is 12.9. The van der Waals surface area contributed by atoms with Crippen molar-refractivity contribution in [2.45, 2.75) is 13.5 Å². The summed E-state index contributed by atoms with van der Waals surface area (Å²) in [6.45, 7) is 2.14. The molecule has 0 saturated carbocycles. The summed E-state index contributed by atoms with van der Waals surface area (Å²) in [5, 5.41) is 0. The molecule has 0 aliphatic carbocycles. The zero-order valence-corrected chi connectivity index (χ0v) is 16.7. The van der Waals surface area contributed by atoms with Gasteiger partial charge in [-0.25, -0.2) is 4.79 Å². The molecule has 3 aromatic rings. The Morgan fingerprint density at radius 1 is 1.00 bits per heavy atom. The molecule has 0 atom stereocenters. The Balaban J connectivity index is 1.96. The lowest BCUT2D eigenvalue weighted by Gasteiger charge is -2.17. The van der Waals surface area contributed by atoms with E-state index in [9.17, 15) is 4.79 Å². The first-order chi connectivity index (χ1) is 13.1. The first-order valence-corrected chi connectivity index (χ1v) is 9.20. The number of para-hydroxylation sites is 1. The average Bonchev–Trinajstić information content (AvgIpc) is 2.69. The summed E-state index contributed by atoms with van der Waals surface area (Å²) in [4.78, 5) is 12.9. The molecule has 3 aromatic carbocycles. The van der Waals surface area contributed by atoms with Gasteiger partial charge in [-0.3, -0.25) is 0 Å². The number of ether oxygens (including phenoxy) is 3. The fourth-order valence-corrected chi connectivity index (χ4v) is 3.20. The van der Waals surface area contributed by atoms with Gasteiger partial charge >= 0.3 is 5.97 Å². The summed E-state index contributed by atoms with van der Waals surface area (Å²) in [6, 6.07) is 20.5. The number of hydrogen-bond donors (Lipinski definition) is 0. The van der Waals surface area contributed by atoms with Gasteiger partial charge in [0, 0.05) is 5.56 Å². The van der Waals surface area contributed by atoms with Crippen molar-refractivity contribution in [3.05, 3.63) is 87.9 Å². The van der Waals surface area contributed by atoms with E-state index >= 15 is 0 Å². The second-order valence-corrected chi connectivity index (χ2v) is 6.72. The normalized spacial score (nSPS) is 10.3. The Hall–Kier alpha value is -2.79. The quantitative estimate of drug-likeness (QED) is 0.382. The first-order valence-electron chi connectivity index (χ1n) is 8.41. The van der Waals surface area contributed by atoms with E-state index in [4.69, 9.17) is 14.2 Å². The van der Waals surface area contributed by atoms with E-state index < -0.39 is 5.97 Å². The van der Waals surface area contributed by atoms with Crippen LogP contribution in [0.3, 0.4) is 0 Å². The fraction of sp³-hybridized carbons (Fsp3) is 0.136. The van der Waals surface area contributed by atoms with Gasteiger partial charge in [-0.15, -0.1) is 0 Å². The highest BCUT2D eigenvalue weighted by atomic mass is 79.9. The number of carbonyl (C=O) groups is 1. The van der Waals surface area contributed by atoms with Crippen molar-refractivity contribution < 1.29 is 19.0 Å². The van der Waals surface area contributed by atoms with Crippen molar-refractivity contribution in [1.29, 1.82) is 0 Å². The second kappa shape index (κ2) is 8.73. The number of halogens is 1. The Kier molecular flexibility index (Phi) is 6.14. The standard InChI is InChI=1S/C22H19BrO4/c1-15-19(25-2)13-18(23)21(26-14-16-9-5-3-6-10-16)20(15)22(24)27-17-11-7-4-8-12-17/h3-13H,14H2,1-2H3. The highest BCUT2D eigenvalue weighted by Gasteiger charge is 2.24. The number of esters is 1. The molecular formula is C22H19BrO4. The van der Waals surface area contributed by atoms with E-state index in [1.807, 2.05) is 55.5 Å². The summed E-state index contributed by atoms with van der Waals surface area (Å²) in [6.07, 6.45) is 0. The molecule has 27 heavy (non-hydrogen) atoms. The molecule has 0 bridgehead atoms. The predicted molar refractivity (Wildman–Crippen MR) is 108 cm³/mol. The molecule has 0 fully saturated rings. The second-order valence-electron chi connectivity index (χ2n) is 5.87. The number of carbonyl (C=O) groups excluding carboxylic acids is 1. The maximum Gasteiger partial charge on any atom is 0.347 e. The average molecular weight is 427 g/mol. The topological polar surface area (TPSA) is 44.8 Å². The number of hydrogen-bond acceptors (Lipinski definition) is 4. The van der Waals surface area contributed by atoms with Crippen LogP contribution < -0.4 is 14.2 Å². The van der Waals surface area contributed by atoms with Gasteiger partial charge in [0.1, 0.15) is 29.4 Å². The van der Waals surface area contributed by atoms with Crippen LogP contribution in [0.15, 0.2) is 71.2 Å². The van der Waals surface area contributed by atoms with Crippen LogP contribution in [-0.4, -0.2) is 13.1 Å². The lowest BCUT2D eigenvalue weighted by molar-refractivity contribution is 0.0728. The van der Waals surface area contributed by atoms with Crippen molar-refractivity contribution in [3.8, 4) is 17.2 Å². The van der Waals surface area contributed by atoms with Gasteiger partial charge < -0.3 is 14.2 Å². The third-order valence-electron chi connectivity index (χ3n) is 4.05. The highest BCUT2D eigenvalue weighted by Crippen LogP contribution is 2.38. The van der Waals surface area contributed by atoms with E-state index in [1.54, 1.807) is 25.3 Å². The Labute approximate surface area is 166 Å². The summed E-state index contributed by atoms with van der Waals surface area (Å²) in [5.74, 6) is 0.975. The van der Waals surface area contributed by atoms with E-state index in [2.05, 4.69) is 15.9 Å². The summed E-state index contributed by atoms with van der Waals surface area (Å²) in [7, 11) is 1.56. The number of methoxy groups -OCH3 is 1. The summed E-state index contributed by atoms with van der Waals surface area (Å²) in [5.41, 5.74) is 1.99. The van der Waals surface area contributed by atoms with Crippen LogP contribution in [0, 0.1) is 6.92 Å². The molecule has 0 radical (unpaired) electrons. The SMILES string of the molecule is COc1cc(Br)c(OCc2ccccc2)c(C(=O)Oc2ccccc2)c1C. The van der Waals surface area contributed by atoms with Crippen LogP contribution in [0.5, 0.6) is 17.2 Å². The Morgan fingerprint density at radius 3 is 2.26 bits per heavy atom. The minimum absolute atomic E-state index is 0.330. The number of benzene rings is 3. The Morgan fingerprint density at radius 2 is 1.63 bits per heavy atom. The molecule has 0 saturated heterocycles. The van der Waals surface area contributed by atoms with Crippen molar-refractivity contribution in [3.63, 3.8) is 0 Å². The molecule has 0 aromatic heterocycles. The van der Waals surface area contributed by atoms with Gasteiger partial charge in [0.25, 0.3) is 0 Å². The molecule has 4 nitrogen and oxygen atoms in total. The molecule has 3 rings (SSSR count). The largest absolute Gasteiger partial charge is 0.496 e. The molecule has 0 N–H and O–H groups in total. The molecule has 0 amide bonds. The Bertz CT molecular complexity index is 924. The molecule has 5 heteroatoms. The van der Waals surface area contributed by atoms with Crippen LogP contribution in [0.25, 0.3) is 0 Å². The molecule has 138 valence electrons. The van der Waals surface area contributed by atoms with Crippen LogP contribution in [0.2, 0.25) is 0 Å². The minimum Gasteiger partial charge on any atom is -0.496 e. The summed E-state index contributed by atoms with van der Waals surface area (Å²) >= 11 is 3.49. The van der Waals surface area contributed by atoms with Gasteiger partial charge in [0.05, 0.1) is 11.6 Å². The van der Waals surface area contributed by atoms with Gasteiger partial charge in [-0.2, -0.15) is 0 Å². The van der Waals surface area contributed by atoms with Crippen LogP contribution in [0.4, 0.5) is 0 Å². The smallest absolute Gasteiger partial charge is 0.347 e. The van der Waals surface area contributed by atoms with Gasteiger partial charge in [0.2, 0.25) is 0 Å². The molecular weight excluding hydrogens is 408 g/mol. The van der Waals surface area contributed by atoms with Gasteiger partial charge in [0.15, 0.2) is 0 Å². The van der Waals surface area contributed by atoms with Crippen molar-refractivity contribution >= 4 is 21.9 Å². The first kappa shape index (κ1) is 19.0. The minimum atomic E-state index is -0.499. The zero-order chi connectivity index (χ0) is 19.2. The predicted octanol–water partition coefficient (Wildman–Crippen LogP) is 5.56. The van der Waals surface area contributed by atoms with Crippen molar-refractivity contribution in [2.75, 3.05) is 7.11 Å². The number of rotatable bonds is 6. The van der Waals surface area contributed by atoms with Crippen LogP contribution >= 0.6 is 15.9 Å². The molecule has 0 aliphatic heterocycles. The molecule has 0 spiro atoms. The maximum atomic E-state index is 12.9.